The molecule has 2 heteroatoms. The first-order chi connectivity index (χ1) is 17.4. The summed E-state index contributed by atoms with van der Waals surface area (Å²) in [6.07, 6.45) is 6.71. The molecule has 0 saturated heterocycles. The Hall–Kier alpha value is -3.28. The van der Waals surface area contributed by atoms with E-state index in [1.807, 2.05) is 0 Å². The Bertz CT molecular complexity index is 1340. The molecule has 1 atom stereocenters. The molecule has 1 aliphatic carbocycles. The van der Waals surface area contributed by atoms with E-state index < -0.39 is 7.92 Å². The van der Waals surface area contributed by atoms with Gasteiger partial charge >= 0.3 is 0 Å². The number of pyridine rings is 1. The van der Waals surface area contributed by atoms with E-state index in [2.05, 4.69) is 147 Å². The van der Waals surface area contributed by atoms with E-state index in [1.165, 1.54) is 33.4 Å². The van der Waals surface area contributed by atoms with Crippen LogP contribution < -0.4 is 10.6 Å². The van der Waals surface area contributed by atoms with Crippen LogP contribution in [0.15, 0.2) is 127 Å². The molecule has 1 fully saturated rings. The fourth-order valence-corrected chi connectivity index (χ4v) is 7.70. The lowest BCUT2D eigenvalue weighted by Crippen LogP contribution is -2.24. The topological polar surface area (TPSA) is 12.9 Å². The van der Waals surface area contributed by atoms with Crippen molar-refractivity contribution in [2.75, 3.05) is 0 Å². The van der Waals surface area contributed by atoms with Gasteiger partial charge in [-0.05, 0) is 55.5 Å². The van der Waals surface area contributed by atoms with E-state index in [4.69, 9.17) is 4.98 Å². The van der Waals surface area contributed by atoms with E-state index in [0.717, 1.165) is 11.2 Å². The summed E-state index contributed by atoms with van der Waals surface area (Å²) in [5.41, 5.74) is 3.59. The van der Waals surface area contributed by atoms with Gasteiger partial charge < -0.3 is 0 Å². The monoisotopic (exact) mass is 466 g/mol. The summed E-state index contributed by atoms with van der Waals surface area (Å²) in [7, 11) is -0.710. The lowest BCUT2D eigenvalue weighted by atomic mass is 9.86. The molecule has 0 aliphatic heterocycles. The second-order valence-corrected chi connectivity index (χ2v) is 10.9. The standard InChI is InChI=1S/C33H25NP/c1-4-14-26(15-5-1)33(35(27-16-6-2-7-17-27)28-18-8-3-9-19-28)30-21-12-20-29(30)32-24-23-25-13-10-11-22-31(25)34-32/h1-24,33H/t33-/m1/s1. The molecule has 1 aliphatic rings. The fraction of sp³-hybridized carbons (Fsp3) is 0.0303. The third-order valence-corrected chi connectivity index (χ3v) is 9.26. The third-order valence-electron chi connectivity index (χ3n) is 6.46. The van der Waals surface area contributed by atoms with Gasteiger partial charge in [0.25, 0.3) is 0 Å². The van der Waals surface area contributed by atoms with Crippen molar-refractivity contribution in [3.05, 3.63) is 170 Å². The van der Waals surface area contributed by atoms with Crippen molar-refractivity contribution in [3.63, 3.8) is 0 Å². The van der Waals surface area contributed by atoms with Gasteiger partial charge in [0.15, 0.2) is 0 Å². The summed E-state index contributed by atoms with van der Waals surface area (Å²) < 4.78 is 0. The van der Waals surface area contributed by atoms with Crippen molar-refractivity contribution in [1.82, 2.24) is 4.98 Å². The van der Waals surface area contributed by atoms with E-state index in [1.54, 1.807) is 0 Å². The molecular formula is C33H25NP. The van der Waals surface area contributed by atoms with Gasteiger partial charge in [-0.15, -0.1) is 0 Å². The van der Waals surface area contributed by atoms with Crippen molar-refractivity contribution >= 4 is 29.4 Å². The molecule has 5 radical (unpaired) electrons. The summed E-state index contributed by atoms with van der Waals surface area (Å²) in [6.45, 7) is 0. The zero-order chi connectivity index (χ0) is 23.5. The molecule has 4 aromatic carbocycles. The number of hydrogen-bond acceptors (Lipinski definition) is 1. The van der Waals surface area contributed by atoms with Gasteiger partial charge in [0.1, 0.15) is 0 Å². The molecular weight excluding hydrogens is 441 g/mol. The number of aromatic nitrogens is 1. The van der Waals surface area contributed by atoms with Crippen LogP contribution in [0.5, 0.6) is 0 Å². The van der Waals surface area contributed by atoms with E-state index in [-0.39, 0.29) is 5.66 Å². The molecule has 1 saturated carbocycles. The largest absolute Gasteiger partial charge is 0.252 e. The van der Waals surface area contributed by atoms with Crippen LogP contribution in [0.1, 0.15) is 16.9 Å². The molecule has 0 spiro atoms. The normalized spacial score (nSPS) is 15.6. The number of para-hydroxylation sites is 1. The minimum absolute atomic E-state index is 0.203. The third kappa shape index (κ3) is 4.54. The smallest absolute Gasteiger partial charge is 0.0705 e. The van der Waals surface area contributed by atoms with Crippen LogP contribution in [0.2, 0.25) is 0 Å². The van der Waals surface area contributed by atoms with Crippen LogP contribution in [0, 0.1) is 31.1 Å². The van der Waals surface area contributed by atoms with Crippen molar-refractivity contribution in [3.8, 4) is 0 Å². The molecule has 1 heterocycles. The lowest BCUT2D eigenvalue weighted by Gasteiger charge is -2.35. The number of benzene rings is 4. The van der Waals surface area contributed by atoms with Crippen molar-refractivity contribution in [2.24, 2.45) is 0 Å². The first-order valence-electron chi connectivity index (χ1n) is 11.9. The average Bonchev–Trinajstić information content (AvgIpc) is 3.42. The Morgan fingerprint density at radius 3 is 1.83 bits per heavy atom. The average molecular weight is 467 g/mol. The molecule has 167 valence electrons. The highest BCUT2D eigenvalue weighted by Crippen LogP contribution is 2.60. The number of hydrogen-bond donors (Lipinski definition) is 0. The van der Waals surface area contributed by atoms with Gasteiger partial charge in [0, 0.05) is 28.6 Å². The molecule has 0 unspecified atom stereocenters. The van der Waals surface area contributed by atoms with Crippen LogP contribution in [0.25, 0.3) is 10.9 Å². The van der Waals surface area contributed by atoms with Crippen molar-refractivity contribution in [2.45, 2.75) is 5.66 Å². The summed E-state index contributed by atoms with van der Waals surface area (Å²) in [6, 6.07) is 45.6. The van der Waals surface area contributed by atoms with Crippen molar-refractivity contribution in [1.29, 1.82) is 0 Å². The van der Waals surface area contributed by atoms with Crippen LogP contribution in [-0.2, 0) is 0 Å². The van der Waals surface area contributed by atoms with Crippen LogP contribution in [0.4, 0.5) is 0 Å². The highest BCUT2D eigenvalue weighted by Gasteiger charge is 2.42. The first-order valence-corrected chi connectivity index (χ1v) is 13.4. The maximum absolute atomic E-state index is 5.07. The van der Waals surface area contributed by atoms with Crippen LogP contribution in [0.3, 0.4) is 0 Å². The van der Waals surface area contributed by atoms with E-state index in [9.17, 15) is 0 Å². The minimum Gasteiger partial charge on any atom is -0.252 e. The summed E-state index contributed by atoms with van der Waals surface area (Å²) in [5, 5.41) is 3.92. The summed E-state index contributed by atoms with van der Waals surface area (Å²) in [4.78, 5) is 5.07. The fourth-order valence-electron chi connectivity index (χ4n) is 4.85. The van der Waals surface area contributed by atoms with Gasteiger partial charge in [0.2, 0.25) is 0 Å². The molecule has 0 N–H and O–H groups in total. The highest BCUT2D eigenvalue weighted by atomic mass is 31.1. The summed E-state index contributed by atoms with van der Waals surface area (Å²) in [5.74, 6) is 2.54. The maximum atomic E-state index is 5.07. The van der Waals surface area contributed by atoms with Gasteiger partial charge in [-0.1, -0.05) is 115 Å². The van der Waals surface area contributed by atoms with Gasteiger partial charge in [-0.25, -0.2) is 0 Å². The summed E-state index contributed by atoms with van der Waals surface area (Å²) >= 11 is 0. The van der Waals surface area contributed by atoms with E-state index >= 15 is 0 Å². The van der Waals surface area contributed by atoms with Gasteiger partial charge in [0.05, 0.1) is 5.52 Å². The molecule has 0 bridgehead atoms. The quantitative estimate of drug-likeness (QED) is 0.241. The molecule has 1 nitrogen and oxygen atoms in total. The molecule has 6 rings (SSSR count). The molecule has 1 aromatic heterocycles. The Labute approximate surface area is 209 Å². The zero-order valence-electron chi connectivity index (χ0n) is 19.3. The Morgan fingerprint density at radius 2 is 1.14 bits per heavy atom. The van der Waals surface area contributed by atoms with Crippen LogP contribution in [-0.4, -0.2) is 4.98 Å². The molecule has 35 heavy (non-hydrogen) atoms. The van der Waals surface area contributed by atoms with Crippen molar-refractivity contribution < 1.29 is 0 Å². The molecule has 0 amide bonds. The Balaban J connectivity index is 1.49. The SMILES string of the molecule is [CH]1[CH][C](c2ccc3ccccc3n2)[C]([C@@H](c2ccccc2)P(c2ccccc2)c2ccccc2)[CH]1. The minimum atomic E-state index is -0.710. The number of rotatable bonds is 6. The first kappa shape index (κ1) is 22.2. The van der Waals surface area contributed by atoms with Gasteiger partial charge in [-0.3, -0.25) is 4.98 Å². The second kappa shape index (κ2) is 10.1. The highest BCUT2D eigenvalue weighted by molar-refractivity contribution is 7.73. The van der Waals surface area contributed by atoms with E-state index in [0.29, 0.717) is 0 Å². The lowest BCUT2D eigenvalue weighted by molar-refractivity contribution is 0.936. The number of fused-ring (bicyclic) bond motifs is 1. The van der Waals surface area contributed by atoms with Gasteiger partial charge in [-0.2, -0.15) is 0 Å². The van der Waals surface area contributed by atoms with Crippen LogP contribution >= 0.6 is 7.92 Å². The predicted octanol–water partition coefficient (Wildman–Crippen LogP) is 7.23. The maximum Gasteiger partial charge on any atom is 0.0705 e. The zero-order valence-corrected chi connectivity index (χ0v) is 20.2. The molecule has 5 aromatic rings. The Morgan fingerprint density at radius 1 is 0.543 bits per heavy atom. The number of nitrogens with zero attached hydrogens (tertiary/aromatic N) is 1. The second-order valence-electron chi connectivity index (χ2n) is 8.64. The Kier molecular flexibility index (Phi) is 6.43. The predicted molar refractivity (Wildman–Crippen MR) is 148 cm³/mol.